The number of amides is 3. The van der Waals surface area contributed by atoms with E-state index in [0.29, 0.717) is 19.4 Å². The van der Waals surface area contributed by atoms with Crippen LogP contribution in [-0.4, -0.2) is 69.3 Å². The van der Waals surface area contributed by atoms with E-state index in [4.69, 9.17) is 5.11 Å². The molecule has 3 rings (SSSR count). The summed E-state index contributed by atoms with van der Waals surface area (Å²) in [5.74, 6) is -1.53. The molecule has 1 saturated carbocycles. The molecule has 3 amide bonds. The molecule has 2 atom stereocenters. The maximum atomic E-state index is 11.7. The molecule has 0 bridgehead atoms. The van der Waals surface area contributed by atoms with Gasteiger partial charge in [0.1, 0.15) is 11.7 Å². The smallest absolute Gasteiger partial charge is 0.326 e. The molecule has 10 heteroatoms. The van der Waals surface area contributed by atoms with E-state index in [9.17, 15) is 19.2 Å². The zero-order valence-corrected chi connectivity index (χ0v) is 26.2. The Kier molecular flexibility index (Phi) is 23.3. The van der Waals surface area contributed by atoms with E-state index >= 15 is 0 Å². The Balaban J connectivity index is 0. The van der Waals surface area contributed by atoms with Crippen molar-refractivity contribution in [1.82, 2.24) is 25.5 Å². The molecule has 0 radical (unpaired) electrons. The van der Waals surface area contributed by atoms with Gasteiger partial charge in [-0.3, -0.25) is 19.4 Å². The lowest BCUT2D eigenvalue weighted by molar-refractivity contribution is -0.144. The van der Waals surface area contributed by atoms with Crippen molar-refractivity contribution in [2.24, 2.45) is 5.41 Å². The number of hydrogen-bond donors (Lipinski definition) is 3. The second kappa shape index (κ2) is 23.8. The first-order valence-corrected chi connectivity index (χ1v) is 14.7. The molecule has 1 aromatic heterocycles. The largest absolute Gasteiger partial charge is 0.480 e. The van der Waals surface area contributed by atoms with Gasteiger partial charge in [0.05, 0.1) is 12.7 Å². The normalized spacial score (nSPS) is 16.4. The lowest BCUT2D eigenvalue weighted by atomic mass is 9.88. The van der Waals surface area contributed by atoms with Gasteiger partial charge >= 0.3 is 5.97 Å². The fourth-order valence-electron chi connectivity index (χ4n) is 3.42. The van der Waals surface area contributed by atoms with Crippen molar-refractivity contribution in [2.45, 2.75) is 125 Å². The van der Waals surface area contributed by atoms with Crippen molar-refractivity contribution in [3.8, 4) is 0 Å². The molecule has 1 saturated heterocycles. The average molecular weight is 566 g/mol. The summed E-state index contributed by atoms with van der Waals surface area (Å²) in [6, 6.07) is -0.550. The summed E-state index contributed by atoms with van der Waals surface area (Å²) >= 11 is 0. The standard InChI is InChI=1S/C13H20N4O2.C6H9NO3.C6H12.C3H8.C2H6/c1-9(13(2,3)4)17-11(18)8-16-12(19)10-7-14-5-6-15-10;8-4-7-3-1-2-5(7)6(9)10;1-2-4-6-5-3-1;1-3-2;1-2/h5-7,9H,8H2,1-4H3,(H,16,19)(H,17,18);4-5H,1-3H2,(H,9,10);1-6H2;3H2,1-2H3;1-2H3. The molecule has 3 N–H and O–H groups in total. The SMILES string of the molecule is C1CCCCC1.CC.CC(NC(=O)CNC(=O)c1cnccn1)C(C)(C)C.CCC.O=CN1CCCC1C(=O)O. The third-order valence-electron chi connectivity index (χ3n) is 6.10. The zero-order chi connectivity index (χ0) is 31.0. The molecule has 1 aliphatic heterocycles. The van der Waals surface area contributed by atoms with Crippen molar-refractivity contribution in [3.63, 3.8) is 0 Å². The van der Waals surface area contributed by atoms with Crippen LogP contribution in [0, 0.1) is 5.41 Å². The minimum absolute atomic E-state index is 0.0217. The summed E-state index contributed by atoms with van der Waals surface area (Å²) < 4.78 is 0. The molecule has 40 heavy (non-hydrogen) atoms. The lowest BCUT2D eigenvalue weighted by Crippen LogP contribution is -2.45. The van der Waals surface area contributed by atoms with Crippen LogP contribution in [0.2, 0.25) is 0 Å². The van der Waals surface area contributed by atoms with Crippen molar-refractivity contribution in [1.29, 1.82) is 0 Å². The molecule has 10 nitrogen and oxygen atoms in total. The van der Waals surface area contributed by atoms with E-state index < -0.39 is 17.9 Å². The summed E-state index contributed by atoms with van der Waals surface area (Å²) in [7, 11) is 0. The van der Waals surface area contributed by atoms with E-state index in [2.05, 4.69) is 34.4 Å². The summed E-state index contributed by atoms with van der Waals surface area (Å²) in [6.07, 6.45) is 16.5. The van der Waals surface area contributed by atoms with E-state index in [1.807, 2.05) is 41.5 Å². The fourth-order valence-corrected chi connectivity index (χ4v) is 3.42. The number of hydrogen-bond acceptors (Lipinski definition) is 6. The van der Waals surface area contributed by atoms with Gasteiger partial charge in [-0.15, -0.1) is 0 Å². The number of nitrogens with zero attached hydrogens (tertiary/aromatic N) is 3. The van der Waals surface area contributed by atoms with Crippen LogP contribution in [0.5, 0.6) is 0 Å². The van der Waals surface area contributed by atoms with Crippen LogP contribution in [0.15, 0.2) is 18.6 Å². The van der Waals surface area contributed by atoms with E-state index in [1.54, 1.807) is 0 Å². The summed E-state index contributed by atoms with van der Waals surface area (Å²) in [6.45, 7) is 16.8. The van der Waals surface area contributed by atoms with Crippen LogP contribution >= 0.6 is 0 Å². The molecular weight excluding hydrogens is 510 g/mol. The van der Waals surface area contributed by atoms with Gasteiger partial charge in [-0.25, -0.2) is 9.78 Å². The summed E-state index contributed by atoms with van der Waals surface area (Å²) in [5.41, 5.74) is 0.170. The third-order valence-corrected chi connectivity index (χ3v) is 6.10. The van der Waals surface area contributed by atoms with Gasteiger partial charge in [-0.1, -0.05) is 93.4 Å². The van der Waals surface area contributed by atoms with E-state index in [1.165, 1.54) is 68.4 Å². The first-order chi connectivity index (χ1) is 19.0. The van der Waals surface area contributed by atoms with Crippen LogP contribution in [0.4, 0.5) is 0 Å². The Morgan fingerprint density at radius 2 is 1.57 bits per heavy atom. The molecule has 0 aromatic carbocycles. The number of carboxylic acids is 1. The van der Waals surface area contributed by atoms with Gasteiger partial charge in [-0.2, -0.15) is 0 Å². The molecule has 230 valence electrons. The molecule has 1 aliphatic carbocycles. The lowest BCUT2D eigenvalue weighted by Gasteiger charge is -2.28. The first-order valence-electron chi connectivity index (χ1n) is 14.7. The van der Waals surface area contributed by atoms with Crippen LogP contribution in [0.3, 0.4) is 0 Å². The van der Waals surface area contributed by atoms with Crippen molar-refractivity contribution < 1.29 is 24.3 Å². The summed E-state index contributed by atoms with van der Waals surface area (Å²) in [4.78, 5) is 52.8. The number of rotatable bonds is 6. The molecular formula is C30H55N5O5. The van der Waals surface area contributed by atoms with Gasteiger partial charge in [0, 0.05) is 25.0 Å². The molecule has 1 aromatic rings. The topological polar surface area (TPSA) is 142 Å². The predicted molar refractivity (Wildman–Crippen MR) is 160 cm³/mol. The highest BCUT2D eigenvalue weighted by Gasteiger charge is 2.28. The van der Waals surface area contributed by atoms with Gasteiger partial charge in [-0.05, 0) is 25.2 Å². The Morgan fingerprint density at radius 1 is 1.05 bits per heavy atom. The monoisotopic (exact) mass is 565 g/mol. The van der Waals surface area contributed by atoms with Crippen LogP contribution in [-0.2, 0) is 14.4 Å². The number of carbonyl (C=O) groups is 4. The van der Waals surface area contributed by atoms with Gasteiger partial charge in [0.15, 0.2) is 0 Å². The predicted octanol–water partition coefficient (Wildman–Crippen LogP) is 5.23. The molecule has 2 aliphatic rings. The number of likely N-dealkylation sites (tertiary alicyclic amines) is 1. The number of carbonyl (C=O) groups excluding carboxylic acids is 3. The Morgan fingerprint density at radius 3 is 1.95 bits per heavy atom. The number of carboxylic acid groups (broad SMARTS) is 1. The second-order valence-electron chi connectivity index (χ2n) is 10.6. The Bertz CT molecular complexity index is 799. The fraction of sp³-hybridized carbons (Fsp3) is 0.733. The average Bonchev–Trinajstić information content (AvgIpc) is 3.45. The third kappa shape index (κ3) is 19.1. The van der Waals surface area contributed by atoms with Crippen LogP contribution < -0.4 is 10.6 Å². The van der Waals surface area contributed by atoms with Crippen molar-refractivity contribution >= 4 is 24.2 Å². The highest BCUT2D eigenvalue weighted by molar-refractivity contribution is 5.94. The van der Waals surface area contributed by atoms with E-state index in [0.717, 1.165) is 6.42 Å². The van der Waals surface area contributed by atoms with Crippen molar-refractivity contribution in [2.75, 3.05) is 13.1 Å². The molecule has 2 heterocycles. The molecule has 0 spiro atoms. The van der Waals surface area contributed by atoms with E-state index in [-0.39, 0.29) is 29.6 Å². The van der Waals surface area contributed by atoms with Gasteiger partial charge in [0.25, 0.3) is 5.91 Å². The Labute approximate surface area is 242 Å². The minimum atomic E-state index is -0.899. The maximum Gasteiger partial charge on any atom is 0.326 e. The highest BCUT2D eigenvalue weighted by Crippen LogP contribution is 2.18. The van der Waals surface area contributed by atoms with Gasteiger partial charge in [0.2, 0.25) is 12.3 Å². The van der Waals surface area contributed by atoms with Gasteiger partial charge < -0.3 is 20.6 Å². The maximum absolute atomic E-state index is 11.7. The van der Waals surface area contributed by atoms with Crippen LogP contribution in [0.1, 0.15) is 124 Å². The zero-order valence-electron chi connectivity index (χ0n) is 26.2. The first kappa shape index (κ1) is 39.1. The summed E-state index contributed by atoms with van der Waals surface area (Å²) in [5, 5.41) is 13.9. The van der Waals surface area contributed by atoms with Crippen LogP contribution in [0.25, 0.3) is 0 Å². The number of aliphatic carboxylic acids is 1. The minimum Gasteiger partial charge on any atom is -0.480 e. The highest BCUT2D eigenvalue weighted by atomic mass is 16.4. The Hall–Kier alpha value is -3.04. The van der Waals surface area contributed by atoms with Crippen molar-refractivity contribution in [3.05, 3.63) is 24.3 Å². The molecule has 2 unspecified atom stereocenters. The second-order valence-corrected chi connectivity index (χ2v) is 10.6. The number of aromatic nitrogens is 2. The molecule has 2 fully saturated rings. The number of nitrogens with one attached hydrogen (secondary N) is 2. The quantitative estimate of drug-likeness (QED) is 0.401.